The molecule has 2 fully saturated rings. The lowest BCUT2D eigenvalue weighted by Gasteiger charge is -2.23. The summed E-state index contributed by atoms with van der Waals surface area (Å²) in [4.78, 5) is 0.579. The molecule has 0 nitrogen and oxygen atoms in total. The van der Waals surface area contributed by atoms with E-state index in [0.717, 1.165) is 11.8 Å². The lowest BCUT2D eigenvalue weighted by Crippen LogP contribution is -2.06. The first kappa shape index (κ1) is 13.7. The minimum atomic E-state index is 0.579. The van der Waals surface area contributed by atoms with Gasteiger partial charge in [-0.05, 0) is 48.6 Å². The molecule has 104 valence electrons. The Morgan fingerprint density at radius 3 is 2.00 bits per heavy atom. The molecule has 0 aromatic heterocycles. The zero-order valence-electron chi connectivity index (χ0n) is 11.8. The highest BCUT2D eigenvalue weighted by Crippen LogP contribution is 2.41. The topological polar surface area (TPSA) is 0 Å². The van der Waals surface area contributed by atoms with Gasteiger partial charge < -0.3 is 0 Å². The molecule has 0 heterocycles. The van der Waals surface area contributed by atoms with E-state index in [9.17, 15) is 0 Å². The Morgan fingerprint density at radius 1 is 0.789 bits per heavy atom. The third kappa shape index (κ3) is 3.24. The van der Waals surface area contributed by atoms with Gasteiger partial charge in [-0.25, -0.2) is 0 Å². The van der Waals surface area contributed by atoms with Gasteiger partial charge in [0.25, 0.3) is 0 Å². The van der Waals surface area contributed by atoms with Crippen LogP contribution >= 0.6 is 15.9 Å². The van der Waals surface area contributed by atoms with Crippen LogP contribution in [0, 0.1) is 5.92 Å². The molecule has 2 aliphatic rings. The van der Waals surface area contributed by atoms with E-state index in [1.54, 1.807) is 5.56 Å². The van der Waals surface area contributed by atoms with E-state index >= 15 is 0 Å². The summed E-state index contributed by atoms with van der Waals surface area (Å²) >= 11 is 3.93. The SMILES string of the molecule is BrC(c1ccc(C2CCCCC2)cc1)C1CCCC1. The zero-order valence-corrected chi connectivity index (χ0v) is 13.4. The number of hydrogen-bond acceptors (Lipinski definition) is 0. The van der Waals surface area contributed by atoms with Crippen molar-refractivity contribution < 1.29 is 0 Å². The van der Waals surface area contributed by atoms with E-state index in [1.165, 1.54) is 63.4 Å². The van der Waals surface area contributed by atoms with Crippen molar-refractivity contribution in [1.29, 1.82) is 0 Å². The first-order valence-electron chi connectivity index (χ1n) is 8.08. The molecule has 19 heavy (non-hydrogen) atoms. The molecule has 0 spiro atoms. The molecule has 2 saturated carbocycles. The molecule has 1 atom stereocenters. The Balaban J connectivity index is 1.67. The Kier molecular flexibility index (Phi) is 4.63. The first-order chi connectivity index (χ1) is 9.34. The molecule has 0 amide bonds. The minimum absolute atomic E-state index is 0.579. The lowest BCUT2D eigenvalue weighted by molar-refractivity contribution is 0.443. The highest BCUT2D eigenvalue weighted by atomic mass is 79.9. The molecule has 1 heteroatoms. The number of benzene rings is 1. The molecule has 0 radical (unpaired) electrons. The Hall–Kier alpha value is -0.300. The second-order valence-corrected chi connectivity index (χ2v) is 7.43. The van der Waals surface area contributed by atoms with Crippen molar-refractivity contribution in [3.05, 3.63) is 35.4 Å². The molecule has 0 bridgehead atoms. The average Bonchev–Trinajstić information content (AvgIpc) is 3.02. The largest absolute Gasteiger partial charge is 0.0836 e. The van der Waals surface area contributed by atoms with Crippen LogP contribution in [0.5, 0.6) is 0 Å². The maximum Gasteiger partial charge on any atom is 0.0423 e. The molecule has 0 aliphatic heterocycles. The normalized spacial score (nSPS) is 23.6. The highest BCUT2D eigenvalue weighted by Gasteiger charge is 2.24. The fraction of sp³-hybridized carbons (Fsp3) is 0.667. The summed E-state index contributed by atoms with van der Waals surface area (Å²) in [6, 6.07) is 9.55. The predicted molar refractivity (Wildman–Crippen MR) is 85.9 cm³/mol. The predicted octanol–water partition coefficient (Wildman–Crippen LogP) is 6.36. The second kappa shape index (κ2) is 6.43. The zero-order chi connectivity index (χ0) is 13.1. The summed E-state index contributed by atoms with van der Waals surface area (Å²) in [7, 11) is 0. The first-order valence-corrected chi connectivity index (χ1v) is 9.00. The van der Waals surface area contributed by atoms with Gasteiger partial charge >= 0.3 is 0 Å². The van der Waals surface area contributed by atoms with Crippen molar-refractivity contribution in [2.45, 2.75) is 68.5 Å². The van der Waals surface area contributed by atoms with Gasteiger partial charge in [-0.3, -0.25) is 0 Å². The third-order valence-corrected chi connectivity index (χ3v) is 6.42. The molecule has 3 rings (SSSR count). The molecule has 2 aliphatic carbocycles. The van der Waals surface area contributed by atoms with Crippen molar-refractivity contribution >= 4 is 15.9 Å². The second-order valence-electron chi connectivity index (χ2n) is 6.45. The van der Waals surface area contributed by atoms with Crippen LogP contribution in [0.15, 0.2) is 24.3 Å². The van der Waals surface area contributed by atoms with E-state index in [0.29, 0.717) is 4.83 Å². The van der Waals surface area contributed by atoms with Crippen LogP contribution in [-0.4, -0.2) is 0 Å². The van der Waals surface area contributed by atoms with Crippen LogP contribution in [0.1, 0.15) is 79.7 Å². The third-order valence-electron chi connectivity index (χ3n) is 5.15. The maximum atomic E-state index is 3.93. The fourth-order valence-corrected chi connectivity index (χ4v) is 4.74. The van der Waals surface area contributed by atoms with Crippen molar-refractivity contribution in [2.75, 3.05) is 0 Å². The molecular formula is C18H25Br. The van der Waals surface area contributed by atoms with Gasteiger partial charge in [0.1, 0.15) is 0 Å². The van der Waals surface area contributed by atoms with Gasteiger partial charge in [0, 0.05) is 4.83 Å². The standard InChI is InChI=1S/C18H25Br/c19-18(16-8-4-5-9-16)17-12-10-15(11-13-17)14-6-2-1-3-7-14/h10-14,16,18H,1-9H2. The van der Waals surface area contributed by atoms with E-state index < -0.39 is 0 Å². The molecule has 1 unspecified atom stereocenters. The van der Waals surface area contributed by atoms with Crippen LogP contribution in [0.3, 0.4) is 0 Å². The average molecular weight is 321 g/mol. The number of halogens is 1. The molecule has 1 aromatic rings. The number of rotatable bonds is 3. The Bertz CT molecular complexity index is 383. The molecule has 1 aromatic carbocycles. The van der Waals surface area contributed by atoms with Crippen LogP contribution in [0.2, 0.25) is 0 Å². The fourth-order valence-electron chi connectivity index (χ4n) is 3.91. The van der Waals surface area contributed by atoms with Gasteiger partial charge in [0.2, 0.25) is 0 Å². The van der Waals surface area contributed by atoms with Crippen LogP contribution in [0.25, 0.3) is 0 Å². The summed E-state index contributed by atoms with van der Waals surface area (Å²) in [5.41, 5.74) is 3.07. The number of hydrogen-bond donors (Lipinski definition) is 0. The van der Waals surface area contributed by atoms with Gasteiger partial charge in [-0.15, -0.1) is 0 Å². The van der Waals surface area contributed by atoms with Gasteiger partial charge in [-0.1, -0.05) is 72.3 Å². The summed E-state index contributed by atoms with van der Waals surface area (Å²) in [5.74, 6) is 1.70. The summed E-state index contributed by atoms with van der Waals surface area (Å²) in [6.45, 7) is 0. The quantitative estimate of drug-likeness (QED) is 0.568. The van der Waals surface area contributed by atoms with Crippen molar-refractivity contribution in [1.82, 2.24) is 0 Å². The monoisotopic (exact) mass is 320 g/mol. The van der Waals surface area contributed by atoms with E-state index in [1.807, 2.05) is 0 Å². The summed E-state index contributed by atoms with van der Waals surface area (Å²) in [5, 5.41) is 0. The van der Waals surface area contributed by atoms with Crippen molar-refractivity contribution in [3.63, 3.8) is 0 Å². The van der Waals surface area contributed by atoms with E-state index in [-0.39, 0.29) is 0 Å². The lowest BCUT2D eigenvalue weighted by atomic mass is 9.83. The van der Waals surface area contributed by atoms with E-state index in [2.05, 4.69) is 40.2 Å². The van der Waals surface area contributed by atoms with Gasteiger partial charge in [0.05, 0.1) is 0 Å². The summed E-state index contributed by atoms with van der Waals surface area (Å²) in [6.07, 6.45) is 12.8. The maximum absolute atomic E-state index is 3.93. The Labute approximate surface area is 126 Å². The number of alkyl halides is 1. The molecular weight excluding hydrogens is 296 g/mol. The highest BCUT2D eigenvalue weighted by molar-refractivity contribution is 9.09. The van der Waals surface area contributed by atoms with Crippen LogP contribution in [0.4, 0.5) is 0 Å². The molecule has 0 saturated heterocycles. The van der Waals surface area contributed by atoms with Gasteiger partial charge in [-0.2, -0.15) is 0 Å². The minimum Gasteiger partial charge on any atom is -0.0836 e. The molecule has 0 N–H and O–H groups in total. The smallest absolute Gasteiger partial charge is 0.0423 e. The van der Waals surface area contributed by atoms with Crippen LogP contribution < -0.4 is 0 Å². The Morgan fingerprint density at radius 2 is 1.37 bits per heavy atom. The van der Waals surface area contributed by atoms with Crippen molar-refractivity contribution in [2.24, 2.45) is 5.92 Å². The van der Waals surface area contributed by atoms with Crippen LogP contribution in [-0.2, 0) is 0 Å². The summed E-state index contributed by atoms with van der Waals surface area (Å²) < 4.78 is 0. The van der Waals surface area contributed by atoms with Crippen molar-refractivity contribution in [3.8, 4) is 0 Å². The van der Waals surface area contributed by atoms with E-state index in [4.69, 9.17) is 0 Å². The van der Waals surface area contributed by atoms with Gasteiger partial charge in [0.15, 0.2) is 0 Å².